The minimum atomic E-state index is 0.139. The van der Waals surface area contributed by atoms with Gasteiger partial charge in [-0.3, -0.25) is 0 Å². The fraction of sp³-hybridized carbons (Fsp3) is 0.263. The van der Waals surface area contributed by atoms with E-state index in [1.165, 1.54) is 11.1 Å². The molecule has 0 amide bonds. The molecule has 0 N–H and O–H groups in total. The van der Waals surface area contributed by atoms with E-state index < -0.39 is 0 Å². The average Bonchev–Trinajstić information content (AvgIpc) is 2.56. The van der Waals surface area contributed by atoms with Crippen molar-refractivity contribution in [1.82, 2.24) is 0 Å². The van der Waals surface area contributed by atoms with Gasteiger partial charge < -0.3 is 4.74 Å². The van der Waals surface area contributed by atoms with Crippen molar-refractivity contribution < 1.29 is 4.74 Å². The number of hydrogen-bond acceptors (Lipinski definition) is 2. The van der Waals surface area contributed by atoms with Crippen LogP contribution in [0.4, 0.5) is 0 Å². The van der Waals surface area contributed by atoms with Gasteiger partial charge in [0.05, 0.1) is 7.11 Å². The Labute approximate surface area is 131 Å². The Morgan fingerprint density at radius 2 is 1.76 bits per heavy atom. The summed E-state index contributed by atoms with van der Waals surface area (Å²) in [5, 5.41) is 2.26. The van der Waals surface area contributed by atoms with Gasteiger partial charge in [0, 0.05) is 10.7 Å². The fourth-order valence-corrected chi connectivity index (χ4v) is 3.99. The second kappa shape index (κ2) is 5.98. The zero-order chi connectivity index (χ0) is 14.7. The standard InChI is InChI=1S/C19H20OS/c1-19(17-6-4-3-5-7-17)14-16(12-13-21-19)15-8-10-18(20-2)11-9-15/h3-13,16H,14H2,1-2H3/t16-,19-/m1/s1. The summed E-state index contributed by atoms with van der Waals surface area (Å²) in [5.41, 5.74) is 2.76. The smallest absolute Gasteiger partial charge is 0.118 e. The summed E-state index contributed by atoms with van der Waals surface area (Å²) in [5.74, 6) is 1.38. The first-order valence-electron chi connectivity index (χ1n) is 7.25. The van der Waals surface area contributed by atoms with E-state index in [2.05, 4.69) is 60.9 Å². The molecule has 1 nitrogen and oxygen atoms in total. The van der Waals surface area contributed by atoms with E-state index in [9.17, 15) is 0 Å². The van der Waals surface area contributed by atoms with Crippen LogP contribution in [-0.2, 0) is 4.75 Å². The normalized spacial score (nSPS) is 24.8. The van der Waals surface area contributed by atoms with Crippen LogP contribution in [0.2, 0.25) is 0 Å². The molecule has 2 aromatic rings. The van der Waals surface area contributed by atoms with Crippen LogP contribution < -0.4 is 4.74 Å². The van der Waals surface area contributed by atoms with Crippen molar-refractivity contribution in [3.05, 3.63) is 77.2 Å². The second-order valence-electron chi connectivity index (χ2n) is 5.63. The lowest BCUT2D eigenvalue weighted by Crippen LogP contribution is -2.22. The molecular weight excluding hydrogens is 276 g/mol. The van der Waals surface area contributed by atoms with Crippen molar-refractivity contribution in [2.24, 2.45) is 0 Å². The van der Waals surface area contributed by atoms with E-state index in [4.69, 9.17) is 4.74 Å². The van der Waals surface area contributed by atoms with E-state index in [-0.39, 0.29) is 4.75 Å². The van der Waals surface area contributed by atoms with Crippen molar-refractivity contribution in [2.45, 2.75) is 24.0 Å². The largest absolute Gasteiger partial charge is 0.497 e. The zero-order valence-electron chi connectivity index (χ0n) is 12.5. The molecule has 1 aliphatic heterocycles. The summed E-state index contributed by atoms with van der Waals surface area (Å²) >= 11 is 1.92. The van der Waals surface area contributed by atoms with Crippen LogP contribution in [0.15, 0.2) is 66.1 Å². The molecule has 1 aliphatic rings. The van der Waals surface area contributed by atoms with Gasteiger partial charge in [0.2, 0.25) is 0 Å². The summed E-state index contributed by atoms with van der Waals surface area (Å²) in [6.07, 6.45) is 3.43. The summed E-state index contributed by atoms with van der Waals surface area (Å²) in [7, 11) is 1.71. The topological polar surface area (TPSA) is 9.23 Å². The van der Waals surface area contributed by atoms with Crippen LogP contribution in [0.1, 0.15) is 30.4 Å². The highest BCUT2D eigenvalue weighted by Gasteiger charge is 2.32. The molecule has 0 saturated carbocycles. The summed E-state index contributed by atoms with van der Waals surface area (Å²) in [6, 6.07) is 19.2. The van der Waals surface area contributed by atoms with Crippen LogP contribution in [0.25, 0.3) is 0 Å². The number of benzene rings is 2. The lowest BCUT2D eigenvalue weighted by molar-refractivity contribution is 0.414. The SMILES string of the molecule is COc1ccc([C@@H]2C=CS[C@@](C)(c3ccccc3)C2)cc1. The number of methoxy groups -OCH3 is 1. The van der Waals surface area contributed by atoms with Gasteiger partial charge in [0.1, 0.15) is 5.75 Å². The van der Waals surface area contributed by atoms with Crippen molar-refractivity contribution >= 4 is 11.8 Å². The fourth-order valence-electron chi connectivity index (χ4n) is 2.88. The Kier molecular flexibility index (Phi) is 4.07. The number of hydrogen-bond donors (Lipinski definition) is 0. The monoisotopic (exact) mass is 296 g/mol. The lowest BCUT2D eigenvalue weighted by atomic mass is 9.85. The molecule has 2 atom stereocenters. The number of allylic oxidation sites excluding steroid dienone is 1. The van der Waals surface area contributed by atoms with Crippen LogP contribution in [-0.4, -0.2) is 7.11 Å². The molecule has 0 aromatic heterocycles. The Bertz CT molecular complexity index is 618. The molecule has 0 unspecified atom stereocenters. The van der Waals surface area contributed by atoms with E-state index in [0.717, 1.165) is 12.2 Å². The number of rotatable bonds is 3. The summed E-state index contributed by atoms with van der Waals surface area (Å²) < 4.78 is 5.38. The van der Waals surface area contributed by atoms with Gasteiger partial charge in [-0.2, -0.15) is 0 Å². The number of ether oxygens (including phenoxy) is 1. The molecule has 1 heterocycles. The molecule has 0 saturated heterocycles. The molecule has 0 bridgehead atoms. The first-order valence-corrected chi connectivity index (χ1v) is 8.13. The molecule has 108 valence electrons. The highest BCUT2D eigenvalue weighted by Crippen LogP contribution is 2.48. The molecule has 2 heteroatoms. The molecule has 0 spiro atoms. The van der Waals surface area contributed by atoms with Gasteiger partial charge in [0.25, 0.3) is 0 Å². The maximum atomic E-state index is 5.24. The van der Waals surface area contributed by atoms with Gasteiger partial charge in [-0.05, 0) is 42.0 Å². The van der Waals surface area contributed by atoms with Crippen LogP contribution in [0, 0.1) is 0 Å². The summed E-state index contributed by atoms with van der Waals surface area (Å²) in [4.78, 5) is 0. The van der Waals surface area contributed by atoms with Gasteiger partial charge in [-0.1, -0.05) is 48.5 Å². The maximum Gasteiger partial charge on any atom is 0.118 e. The van der Waals surface area contributed by atoms with Crippen LogP contribution >= 0.6 is 11.8 Å². The zero-order valence-corrected chi connectivity index (χ0v) is 13.3. The first kappa shape index (κ1) is 14.3. The van der Waals surface area contributed by atoms with E-state index in [0.29, 0.717) is 5.92 Å². The highest BCUT2D eigenvalue weighted by molar-refractivity contribution is 8.03. The van der Waals surface area contributed by atoms with Gasteiger partial charge in [-0.25, -0.2) is 0 Å². The molecular formula is C19H20OS. The van der Waals surface area contributed by atoms with Crippen LogP contribution in [0.3, 0.4) is 0 Å². The van der Waals surface area contributed by atoms with E-state index in [1.54, 1.807) is 7.11 Å². The van der Waals surface area contributed by atoms with Crippen molar-refractivity contribution in [1.29, 1.82) is 0 Å². The maximum absolute atomic E-state index is 5.24. The quantitative estimate of drug-likeness (QED) is 0.755. The summed E-state index contributed by atoms with van der Waals surface area (Å²) in [6.45, 7) is 2.34. The van der Waals surface area contributed by atoms with E-state index in [1.807, 2.05) is 23.9 Å². The Balaban J connectivity index is 1.85. The minimum absolute atomic E-state index is 0.139. The Hall–Kier alpha value is -1.67. The third-order valence-electron chi connectivity index (χ3n) is 4.18. The molecule has 21 heavy (non-hydrogen) atoms. The average molecular weight is 296 g/mol. The first-order chi connectivity index (χ1) is 10.2. The third-order valence-corrected chi connectivity index (χ3v) is 5.39. The van der Waals surface area contributed by atoms with Crippen molar-refractivity contribution in [3.63, 3.8) is 0 Å². The Morgan fingerprint density at radius 3 is 2.43 bits per heavy atom. The molecule has 0 fully saturated rings. The second-order valence-corrected chi connectivity index (χ2v) is 7.04. The third kappa shape index (κ3) is 3.01. The lowest BCUT2D eigenvalue weighted by Gasteiger charge is -2.35. The molecule has 0 radical (unpaired) electrons. The van der Waals surface area contributed by atoms with E-state index >= 15 is 0 Å². The number of thioether (sulfide) groups is 1. The van der Waals surface area contributed by atoms with Crippen LogP contribution in [0.5, 0.6) is 5.75 Å². The van der Waals surface area contributed by atoms with Crippen molar-refractivity contribution in [3.8, 4) is 5.75 Å². The molecule has 2 aromatic carbocycles. The van der Waals surface area contributed by atoms with Gasteiger partial charge in [-0.15, -0.1) is 11.8 Å². The molecule has 3 rings (SSSR count). The molecule has 0 aliphatic carbocycles. The van der Waals surface area contributed by atoms with Gasteiger partial charge in [0.15, 0.2) is 0 Å². The van der Waals surface area contributed by atoms with Gasteiger partial charge >= 0.3 is 0 Å². The van der Waals surface area contributed by atoms with Crippen molar-refractivity contribution in [2.75, 3.05) is 7.11 Å². The minimum Gasteiger partial charge on any atom is -0.497 e. The predicted octanol–water partition coefficient (Wildman–Crippen LogP) is 5.34. The highest BCUT2D eigenvalue weighted by atomic mass is 32.2. The predicted molar refractivity (Wildman–Crippen MR) is 90.9 cm³/mol. The Morgan fingerprint density at radius 1 is 1.05 bits per heavy atom.